The quantitative estimate of drug-likeness (QED) is 0.192. The van der Waals surface area contributed by atoms with Crippen molar-refractivity contribution in [3.8, 4) is 22.4 Å². The van der Waals surface area contributed by atoms with Crippen LogP contribution >= 0.6 is 0 Å². The second-order valence-corrected chi connectivity index (χ2v) is 15.1. The summed E-state index contributed by atoms with van der Waals surface area (Å²) < 4.78 is 6.24. The highest BCUT2D eigenvalue weighted by molar-refractivity contribution is 6.88. The van der Waals surface area contributed by atoms with Crippen molar-refractivity contribution in [3.05, 3.63) is 102 Å². The first-order chi connectivity index (χ1) is 16.9. The molecule has 2 heterocycles. The number of rotatable bonds is 3. The number of nitrogens with zero attached hydrogens (tertiary/aromatic N) is 2. The maximum Gasteiger partial charge on any atom is 0.190 e. The lowest BCUT2D eigenvalue weighted by atomic mass is 10.0. The molecule has 0 spiro atoms. The summed E-state index contributed by atoms with van der Waals surface area (Å²) in [4.78, 5) is 8.58. The Morgan fingerprint density at radius 2 is 1.54 bits per heavy atom. The van der Waals surface area contributed by atoms with E-state index in [0.29, 0.717) is 5.69 Å². The van der Waals surface area contributed by atoms with Crippen LogP contribution in [0.25, 0.3) is 60.1 Å². The van der Waals surface area contributed by atoms with Gasteiger partial charge in [-0.3, -0.25) is 0 Å². The molecule has 0 amide bonds. The molecule has 6 rings (SSSR count). The Bertz CT molecular complexity index is 1780. The third kappa shape index (κ3) is 3.71. The fraction of sp³-hybridized carbons (Fsp3) is 0.0968. The lowest BCUT2D eigenvalue weighted by Crippen LogP contribution is -2.37. The van der Waals surface area contributed by atoms with Gasteiger partial charge in [-0.2, -0.15) is 0 Å². The Labute approximate surface area is 205 Å². The largest absolute Gasteiger partial charge is 0.457 e. The van der Waals surface area contributed by atoms with Crippen molar-refractivity contribution in [2.75, 3.05) is 0 Å². The molecule has 35 heavy (non-hydrogen) atoms. The monoisotopic (exact) mass is 468 g/mol. The van der Waals surface area contributed by atoms with E-state index in [1.54, 1.807) is 6.07 Å². The second kappa shape index (κ2) is 7.94. The number of fused-ring (bicyclic) bond motifs is 4. The second-order valence-electron chi connectivity index (χ2n) is 10.0. The molecule has 3 nitrogen and oxygen atoms in total. The molecule has 0 atom stereocenters. The molecule has 0 aliphatic rings. The predicted octanol–water partition coefficient (Wildman–Crippen LogP) is 8.56. The van der Waals surface area contributed by atoms with E-state index < -0.39 is 8.07 Å². The zero-order chi connectivity index (χ0) is 24.2. The van der Waals surface area contributed by atoms with Gasteiger partial charge in [-0.05, 0) is 35.4 Å². The van der Waals surface area contributed by atoms with E-state index in [1.807, 2.05) is 24.3 Å². The Morgan fingerprint density at radius 1 is 0.771 bits per heavy atom. The van der Waals surface area contributed by atoms with Crippen molar-refractivity contribution >= 4 is 51.8 Å². The highest BCUT2D eigenvalue weighted by Gasteiger charge is 2.16. The number of aromatic nitrogens is 1. The van der Waals surface area contributed by atoms with Crippen molar-refractivity contribution in [2.45, 2.75) is 19.6 Å². The van der Waals surface area contributed by atoms with Crippen LogP contribution in [0, 0.1) is 6.57 Å². The van der Waals surface area contributed by atoms with Crippen LogP contribution in [-0.4, -0.2) is 13.1 Å². The van der Waals surface area contributed by atoms with Crippen molar-refractivity contribution < 1.29 is 4.42 Å². The van der Waals surface area contributed by atoms with Crippen LogP contribution in [0.1, 0.15) is 0 Å². The molecule has 0 unspecified atom stereocenters. The van der Waals surface area contributed by atoms with Crippen LogP contribution in [-0.2, 0) is 0 Å². The maximum absolute atomic E-state index is 7.30. The predicted molar refractivity (Wildman–Crippen MR) is 149 cm³/mol. The summed E-state index contributed by atoms with van der Waals surface area (Å²) in [7, 11) is -1.32. The number of hydrogen-bond donors (Lipinski definition) is 0. The molecule has 4 heteroatoms. The minimum atomic E-state index is -1.32. The molecular weight excluding hydrogens is 444 g/mol. The summed E-state index contributed by atoms with van der Waals surface area (Å²) in [5.41, 5.74) is 7.26. The van der Waals surface area contributed by atoms with Crippen LogP contribution in [0.3, 0.4) is 0 Å². The van der Waals surface area contributed by atoms with Crippen molar-refractivity contribution in [2.24, 2.45) is 0 Å². The third-order valence-corrected chi connectivity index (χ3v) is 8.73. The van der Waals surface area contributed by atoms with E-state index in [0.717, 1.165) is 49.7 Å². The van der Waals surface area contributed by atoms with Gasteiger partial charge in [0.15, 0.2) is 5.69 Å². The molecule has 0 saturated heterocycles. The Balaban J connectivity index is 1.46. The van der Waals surface area contributed by atoms with Gasteiger partial charge >= 0.3 is 0 Å². The Morgan fingerprint density at radius 3 is 2.31 bits per heavy atom. The minimum Gasteiger partial charge on any atom is -0.457 e. The van der Waals surface area contributed by atoms with Crippen molar-refractivity contribution in [3.63, 3.8) is 0 Å². The molecule has 0 aliphatic carbocycles. The van der Waals surface area contributed by atoms with E-state index in [9.17, 15) is 0 Å². The van der Waals surface area contributed by atoms with Gasteiger partial charge in [0, 0.05) is 21.7 Å². The van der Waals surface area contributed by atoms with Crippen LogP contribution in [0.4, 0.5) is 5.69 Å². The van der Waals surface area contributed by atoms with Gasteiger partial charge in [0.2, 0.25) is 0 Å². The van der Waals surface area contributed by atoms with Gasteiger partial charge in [0.05, 0.1) is 25.9 Å². The van der Waals surface area contributed by atoms with E-state index in [1.165, 1.54) is 10.8 Å². The van der Waals surface area contributed by atoms with Crippen LogP contribution in [0.2, 0.25) is 19.6 Å². The van der Waals surface area contributed by atoms with E-state index in [4.69, 9.17) is 16.0 Å². The summed E-state index contributed by atoms with van der Waals surface area (Å²) in [6, 6.07) is 31.4. The number of hydrogen-bond acceptors (Lipinski definition) is 2. The average molecular weight is 469 g/mol. The number of para-hydroxylation sites is 1. The Hall–Kier alpha value is -4.20. The van der Waals surface area contributed by atoms with Gasteiger partial charge in [-0.1, -0.05) is 91.6 Å². The summed E-state index contributed by atoms with van der Waals surface area (Å²) in [6.07, 6.45) is 0. The van der Waals surface area contributed by atoms with Gasteiger partial charge in [-0.15, -0.1) is 0 Å². The summed E-state index contributed by atoms with van der Waals surface area (Å²) in [5, 5.41) is 4.62. The molecule has 0 radical (unpaired) electrons. The molecule has 4 aromatic carbocycles. The lowest BCUT2D eigenvalue weighted by Gasteiger charge is -2.16. The summed E-state index contributed by atoms with van der Waals surface area (Å²) in [5.74, 6) is 0. The maximum atomic E-state index is 7.30. The fourth-order valence-corrected chi connectivity index (χ4v) is 5.83. The standard InChI is InChI=1S/C31H24N2OSi/c1-32-23-13-16-25-26-6-5-7-27(31(26)34-30(25)19-23)28-17-12-21-8-9-22(18-29(21)33-28)20-10-14-24(15-11-20)35(2,3)4/h5-19H,2-4H3. The smallest absolute Gasteiger partial charge is 0.190 e. The first kappa shape index (κ1) is 21.3. The van der Waals surface area contributed by atoms with E-state index in [2.05, 4.69) is 85.1 Å². The summed E-state index contributed by atoms with van der Waals surface area (Å²) in [6.45, 7) is 14.4. The molecule has 0 aliphatic heterocycles. The lowest BCUT2D eigenvalue weighted by molar-refractivity contribution is 0.670. The van der Waals surface area contributed by atoms with Crippen molar-refractivity contribution in [1.29, 1.82) is 0 Å². The molecule has 0 bridgehead atoms. The van der Waals surface area contributed by atoms with Crippen molar-refractivity contribution in [1.82, 2.24) is 4.98 Å². The SMILES string of the molecule is [C-]#[N+]c1ccc2c(c1)oc1c(-c3ccc4ccc(-c5ccc([Si](C)(C)C)cc5)cc4n3)cccc12. The van der Waals surface area contributed by atoms with Gasteiger partial charge in [-0.25, -0.2) is 9.83 Å². The molecule has 0 saturated carbocycles. The average Bonchev–Trinajstić information content (AvgIpc) is 3.25. The molecule has 0 N–H and O–H groups in total. The van der Waals surface area contributed by atoms with Crippen LogP contribution in [0.5, 0.6) is 0 Å². The minimum absolute atomic E-state index is 0.576. The van der Waals surface area contributed by atoms with Gasteiger partial charge in [0.25, 0.3) is 0 Å². The summed E-state index contributed by atoms with van der Waals surface area (Å²) >= 11 is 0. The molecular formula is C31H24N2OSi. The Kier molecular flexibility index (Phi) is 4.84. The molecule has 6 aromatic rings. The van der Waals surface area contributed by atoms with E-state index >= 15 is 0 Å². The normalized spacial score (nSPS) is 11.8. The number of benzene rings is 4. The zero-order valence-electron chi connectivity index (χ0n) is 20.0. The molecule has 2 aromatic heterocycles. The van der Waals surface area contributed by atoms with Gasteiger partial charge < -0.3 is 4.42 Å². The first-order valence-electron chi connectivity index (χ1n) is 11.8. The zero-order valence-corrected chi connectivity index (χ0v) is 21.0. The third-order valence-electron chi connectivity index (χ3n) is 6.66. The molecule has 0 fully saturated rings. The van der Waals surface area contributed by atoms with Crippen LogP contribution in [0.15, 0.2) is 95.4 Å². The number of pyridine rings is 1. The molecule has 168 valence electrons. The van der Waals surface area contributed by atoms with Crippen LogP contribution < -0.4 is 5.19 Å². The van der Waals surface area contributed by atoms with Gasteiger partial charge in [0.1, 0.15) is 11.2 Å². The highest BCUT2D eigenvalue weighted by atomic mass is 28.3. The number of furan rings is 1. The fourth-order valence-electron chi connectivity index (χ4n) is 4.67. The first-order valence-corrected chi connectivity index (χ1v) is 15.3. The van der Waals surface area contributed by atoms with E-state index in [-0.39, 0.29) is 0 Å². The topological polar surface area (TPSA) is 30.4 Å². The highest BCUT2D eigenvalue weighted by Crippen LogP contribution is 2.37.